The second-order valence-corrected chi connectivity index (χ2v) is 6.40. The molecule has 0 aliphatic rings. The lowest BCUT2D eigenvalue weighted by atomic mass is 9.88. The largest absolute Gasteiger partial charge is 0.330 e. The zero-order valence-electron chi connectivity index (χ0n) is 12.4. The van der Waals surface area contributed by atoms with Gasteiger partial charge in [-0.05, 0) is 65.7 Å². The van der Waals surface area contributed by atoms with E-state index >= 15 is 0 Å². The van der Waals surface area contributed by atoms with Crippen LogP contribution in [0.3, 0.4) is 0 Å². The topological polar surface area (TPSA) is 68.0 Å². The fraction of sp³-hybridized carbons (Fsp3) is 0.600. The zero-order valence-corrected chi connectivity index (χ0v) is 14.0. The first-order valence-electron chi connectivity index (χ1n) is 7.06. The zero-order chi connectivity index (χ0) is 15.1. The van der Waals surface area contributed by atoms with Crippen molar-refractivity contribution < 1.29 is 4.79 Å². The number of anilines is 1. The van der Waals surface area contributed by atoms with Crippen molar-refractivity contribution in [3.05, 3.63) is 22.3 Å². The van der Waals surface area contributed by atoms with E-state index in [1.807, 2.05) is 13.0 Å². The van der Waals surface area contributed by atoms with E-state index in [1.165, 1.54) is 0 Å². The molecule has 20 heavy (non-hydrogen) atoms. The Kier molecular flexibility index (Phi) is 7.16. The maximum absolute atomic E-state index is 12.0. The van der Waals surface area contributed by atoms with E-state index in [4.69, 9.17) is 5.73 Å². The Balaban J connectivity index is 2.51. The van der Waals surface area contributed by atoms with Crippen molar-refractivity contribution in [2.45, 2.75) is 40.0 Å². The van der Waals surface area contributed by atoms with Gasteiger partial charge in [0, 0.05) is 17.1 Å². The van der Waals surface area contributed by atoms with Crippen molar-refractivity contribution >= 4 is 27.7 Å². The highest BCUT2D eigenvalue weighted by Gasteiger charge is 2.15. The van der Waals surface area contributed by atoms with E-state index in [0.29, 0.717) is 30.6 Å². The molecule has 3 N–H and O–H groups in total. The molecule has 0 fully saturated rings. The van der Waals surface area contributed by atoms with Gasteiger partial charge in [0.1, 0.15) is 5.82 Å². The summed E-state index contributed by atoms with van der Waals surface area (Å²) in [5.41, 5.74) is 6.57. The minimum atomic E-state index is 0.0191. The quantitative estimate of drug-likeness (QED) is 0.797. The van der Waals surface area contributed by atoms with E-state index in [9.17, 15) is 4.79 Å². The Bertz CT molecular complexity index is 449. The number of amides is 1. The van der Waals surface area contributed by atoms with Crippen LogP contribution in [0.5, 0.6) is 0 Å². The number of halogens is 1. The lowest BCUT2D eigenvalue weighted by molar-refractivity contribution is -0.116. The normalized spacial score (nSPS) is 12.5. The molecule has 1 aromatic rings. The van der Waals surface area contributed by atoms with Crippen LogP contribution in [0.4, 0.5) is 5.82 Å². The lowest BCUT2D eigenvalue weighted by Crippen LogP contribution is -2.19. The minimum absolute atomic E-state index is 0.0191. The van der Waals surface area contributed by atoms with Crippen LogP contribution < -0.4 is 11.1 Å². The second kappa shape index (κ2) is 8.37. The molecule has 0 spiro atoms. The molecule has 0 saturated heterocycles. The number of carbonyl (C=O) groups excluding carboxylic acids is 1. The standard InChI is InChI=1S/C15H24BrN3O/c1-10(2)12(6-7-17)4-5-14(20)19-15-11(3)8-13(16)9-18-15/h8-10,12H,4-7,17H2,1-3H3,(H,18,19,20). The Hall–Kier alpha value is -0.940. The molecule has 1 heterocycles. The van der Waals surface area contributed by atoms with Crippen LogP contribution in [0, 0.1) is 18.8 Å². The summed E-state index contributed by atoms with van der Waals surface area (Å²) in [6.45, 7) is 6.97. The van der Waals surface area contributed by atoms with Gasteiger partial charge in [0.15, 0.2) is 0 Å². The van der Waals surface area contributed by atoms with E-state index in [-0.39, 0.29) is 5.91 Å². The number of aryl methyl sites for hydroxylation is 1. The summed E-state index contributed by atoms with van der Waals surface area (Å²) in [4.78, 5) is 16.2. The van der Waals surface area contributed by atoms with Gasteiger partial charge in [-0.2, -0.15) is 0 Å². The van der Waals surface area contributed by atoms with E-state index in [1.54, 1.807) is 6.20 Å². The Morgan fingerprint density at radius 2 is 2.15 bits per heavy atom. The SMILES string of the molecule is Cc1cc(Br)cnc1NC(=O)CCC(CCN)C(C)C. The maximum Gasteiger partial charge on any atom is 0.225 e. The number of nitrogens with two attached hydrogens (primary N) is 1. The molecule has 4 nitrogen and oxygen atoms in total. The Morgan fingerprint density at radius 1 is 1.45 bits per heavy atom. The summed E-state index contributed by atoms with van der Waals surface area (Å²) >= 11 is 3.36. The molecular weight excluding hydrogens is 318 g/mol. The van der Waals surface area contributed by atoms with Crippen molar-refractivity contribution in [1.82, 2.24) is 4.98 Å². The van der Waals surface area contributed by atoms with Crippen LogP contribution in [0.1, 0.15) is 38.7 Å². The molecule has 1 unspecified atom stereocenters. The number of pyridine rings is 1. The fourth-order valence-electron chi connectivity index (χ4n) is 2.21. The van der Waals surface area contributed by atoms with Gasteiger partial charge in [0.05, 0.1) is 0 Å². The van der Waals surface area contributed by atoms with Crippen LogP contribution in [0.2, 0.25) is 0 Å². The van der Waals surface area contributed by atoms with Crippen molar-refractivity contribution in [3.8, 4) is 0 Å². The number of nitrogens with one attached hydrogen (secondary N) is 1. The summed E-state index contributed by atoms with van der Waals surface area (Å²) < 4.78 is 0.913. The number of aromatic nitrogens is 1. The fourth-order valence-corrected chi connectivity index (χ4v) is 2.65. The molecular formula is C15H24BrN3O. The number of nitrogens with zero attached hydrogens (tertiary/aromatic N) is 1. The van der Waals surface area contributed by atoms with Gasteiger partial charge >= 0.3 is 0 Å². The third-order valence-corrected chi connectivity index (χ3v) is 3.96. The predicted molar refractivity (Wildman–Crippen MR) is 86.5 cm³/mol. The van der Waals surface area contributed by atoms with Crippen molar-refractivity contribution in [3.63, 3.8) is 0 Å². The van der Waals surface area contributed by atoms with Crippen LogP contribution in [-0.4, -0.2) is 17.4 Å². The van der Waals surface area contributed by atoms with Gasteiger partial charge in [-0.1, -0.05) is 13.8 Å². The first-order chi connectivity index (χ1) is 9.43. The molecule has 0 aliphatic heterocycles. The summed E-state index contributed by atoms with van der Waals surface area (Å²) in [5.74, 6) is 1.72. The van der Waals surface area contributed by atoms with E-state index in [2.05, 4.69) is 40.1 Å². The van der Waals surface area contributed by atoms with E-state index < -0.39 is 0 Å². The van der Waals surface area contributed by atoms with Crippen molar-refractivity contribution in [2.24, 2.45) is 17.6 Å². The summed E-state index contributed by atoms with van der Waals surface area (Å²) in [5, 5.41) is 2.87. The monoisotopic (exact) mass is 341 g/mol. The van der Waals surface area contributed by atoms with E-state index in [0.717, 1.165) is 22.9 Å². The van der Waals surface area contributed by atoms with Gasteiger partial charge in [0.25, 0.3) is 0 Å². The molecule has 0 aliphatic carbocycles. The number of hydrogen-bond donors (Lipinski definition) is 2. The molecule has 5 heteroatoms. The summed E-state index contributed by atoms with van der Waals surface area (Å²) in [7, 11) is 0. The van der Waals surface area contributed by atoms with Gasteiger partial charge in [-0.25, -0.2) is 4.98 Å². The molecule has 112 valence electrons. The Morgan fingerprint density at radius 3 is 2.70 bits per heavy atom. The van der Waals surface area contributed by atoms with Crippen molar-refractivity contribution in [2.75, 3.05) is 11.9 Å². The number of carbonyl (C=O) groups is 1. The summed E-state index contributed by atoms with van der Waals surface area (Å²) in [6.07, 6.45) is 4.05. The summed E-state index contributed by atoms with van der Waals surface area (Å²) in [6, 6.07) is 1.94. The Labute approximate surface area is 129 Å². The highest BCUT2D eigenvalue weighted by Crippen LogP contribution is 2.21. The third kappa shape index (κ3) is 5.59. The van der Waals surface area contributed by atoms with Gasteiger partial charge < -0.3 is 11.1 Å². The molecule has 1 rings (SSSR count). The number of rotatable bonds is 7. The van der Waals surface area contributed by atoms with Crippen molar-refractivity contribution in [1.29, 1.82) is 0 Å². The molecule has 0 saturated carbocycles. The van der Waals surface area contributed by atoms with Crippen LogP contribution in [-0.2, 0) is 4.79 Å². The lowest BCUT2D eigenvalue weighted by Gasteiger charge is -2.19. The smallest absolute Gasteiger partial charge is 0.225 e. The average molecular weight is 342 g/mol. The highest BCUT2D eigenvalue weighted by atomic mass is 79.9. The van der Waals surface area contributed by atoms with Gasteiger partial charge in [-0.3, -0.25) is 4.79 Å². The first-order valence-corrected chi connectivity index (χ1v) is 7.85. The maximum atomic E-state index is 12.0. The van der Waals surface area contributed by atoms with Gasteiger partial charge in [0.2, 0.25) is 5.91 Å². The molecule has 1 aromatic heterocycles. The predicted octanol–water partition coefficient (Wildman–Crippen LogP) is 3.49. The first kappa shape index (κ1) is 17.1. The molecule has 0 radical (unpaired) electrons. The number of hydrogen-bond acceptors (Lipinski definition) is 3. The second-order valence-electron chi connectivity index (χ2n) is 5.49. The molecule has 1 atom stereocenters. The van der Waals surface area contributed by atoms with Crippen LogP contribution in [0.25, 0.3) is 0 Å². The van der Waals surface area contributed by atoms with Crippen LogP contribution in [0.15, 0.2) is 16.7 Å². The molecule has 1 amide bonds. The van der Waals surface area contributed by atoms with Gasteiger partial charge in [-0.15, -0.1) is 0 Å². The van der Waals surface area contributed by atoms with Crippen LogP contribution >= 0.6 is 15.9 Å². The highest BCUT2D eigenvalue weighted by molar-refractivity contribution is 9.10. The third-order valence-electron chi connectivity index (χ3n) is 3.53. The minimum Gasteiger partial charge on any atom is -0.330 e. The average Bonchev–Trinajstić information content (AvgIpc) is 2.37. The molecule has 0 bridgehead atoms. The molecule has 0 aromatic carbocycles.